The number of hydrogen-bond acceptors (Lipinski definition) is 3. The molecule has 1 fully saturated rings. The minimum Gasteiger partial charge on any atom is -0.390 e. The molecule has 13 heavy (non-hydrogen) atoms. The Morgan fingerprint density at radius 3 is 2.85 bits per heavy atom. The van der Waals surface area contributed by atoms with E-state index < -0.39 is 0 Å². The van der Waals surface area contributed by atoms with Gasteiger partial charge in [0.05, 0.1) is 12.3 Å². The molecule has 1 aromatic heterocycles. The maximum atomic E-state index is 8.90. The van der Waals surface area contributed by atoms with Gasteiger partial charge in [-0.05, 0) is 17.9 Å². The Hall–Kier alpha value is -0.960. The van der Waals surface area contributed by atoms with Crippen LogP contribution in [0.25, 0.3) is 0 Å². The molecule has 1 saturated carbocycles. The molecule has 0 bridgehead atoms. The molecule has 3 heteroatoms. The van der Waals surface area contributed by atoms with Gasteiger partial charge in [0, 0.05) is 12.1 Å². The summed E-state index contributed by atoms with van der Waals surface area (Å²) in [5.41, 5.74) is 1.07. The lowest BCUT2D eigenvalue weighted by molar-refractivity contribution is 0.276. The third-order valence-corrected chi connectivity index (χ3v) is 2.72. The van der Waals surface area contributed by atoms with Gasteiger partial charge in [0.2, 0.25) is 0 Å². The third-order valence-electron chi connectivity index (χ3n) is 2.72. The quantitative estimate of drug-likeness (QED) is 0.746. The fourth-order valence-corrected chi connectivity index (χ4v) is 1.58. The number of aromatic nitrogens is 2. The van der Waals surface area contributed by atoms with Gasteiger partial charge in [0.1, 0.15) is 5.82 Å². The lowest BCUT2D eigenvalue weighted by Crippen LogP contribution is -2.00. The number of rotatable bonds is 2. The monoisotopic (exact) mass is 178 g/mol. The molecule has 1 heterocycles. The zero-order valence-electron chi connectivity index (χ0n) is 7.99. The molecule has 0 saturated heterocycles. The molecule has 1 unspecified atom stereocenters. The van der Waals surface area contributed by atoms with Gasteiger partial charge in [-0.15, -0.1) is 0 Å². The lowest BCUT2D eigenvalue weighted by Gasteiger charge is -2.02. The first kappa shape index (κ1) is 8.63. The fourth-order valence-electron chi connectivity index (χ4n) is 1.58. The average Bonchev–Trinajstić information content (AvgIpc) is 2.76. The van der Waals surface area contributed by atoms with Crippen molar-refractivity contribution < 1.29 is 5.11 Å². The average molecular weight is 178 g/mol. The van der Waals surface area contributed by atoms with Gasteiger partial charge in [-0.3, -0.25) is 0 Å². The molecule has 0 aromatic carbocycles. The largest absolute Gasteiger partial charge is 0.390 e. The first-order chi connectivity index (χ1) is 6.13. The van der Waals surface area contributed by atoms with Crippen LogP contribution < -0.4 is 0 Å². The Bertz CT molecular complexity index is 322. The van der Waals surface area contributed by atoms with Crippen LogP contribution in [0.4, 0.5) is 0 Å². The van der Waals surface area contributed by atoms with E-state index in [1.54, 1.807) is 12.3 Å². The van der Waals surface area contributed by atoms with Crippen LogP contribution in [0.1, 0.15) is 37.7 Å². The van der Waals surface area contributed by atoms with Gasteiger partial charge in [-0.2, -0.15) is 0 Å². The van der Waals surface area contributed by atoms with Crippen molar-refractivity contribution in [1.29, 1.82) is 0 Å². The molecule has 0 radical (unpaired) electrons. The van der Waals surface area contributed by atoms with Crippen LogP contribution in [0.3, 0.4) is 0 Å². The zero-order valence-corrected chi connectivity index (χ0v) is 7.99. The highest BCUT2D eigenvalue weighted by Crippen LogP contribution is 2.57. The molecule has 70 valence electrons. The molecule has 1 N–H and O–H groups in total. The maximum absolute atomic E-state index is 8.90. The predicted octanol–water partition coefficient (Wildman–Crippen LogP) is 1.48. The van der Waals surface area contributed by atoms with Crippen molar-refractivity contribution in [3.63, 3.8) is 0 Å². The van der Waals surface area contributed by atoms with E-state index in [1.165, 1.54) is 0 Å². The van der Waals surface area contributed by atoms with Crippen LogP contribution in [-0.4, -0.2) is 15.1 Å². The number of nitrogens with zero attached hydrogens (tertiary/aromatic N) is 2. The maximum Gasteiger partial charge on any atom is 0.132 e. The van der Waals surface area contributed by atoms with Crippen LogP contribution in [0.15, 0.2) is 12.3 Å². The fraction of sp³-hybridized carbons (Fsp3) is 0.600. The van der Waals surface area contributed by atoms with Crippen LogP contribution in [0, 0.1) is 5.41 Å². The summed E-state index contributed by atoms with van der Waals surface area (Å²) < 4.78 is 0. The van der Waals surface area contributed by atoms with E-state index in [0.717, 1.165) is 12.2 Å². The van der Waals surface area contributed by atoms with E-state index in [2.05, 4.69) is 23.8 Å². The SMILES string of the molecule is CC1(C)CC1c1nccc(CO)n1. The molecule has 0 aliphatic heterocycles. The second-order valence-corrected chi connectivity index (χ2v) is 4.31. The van der Waals surface area contributed by atoms with Crippen molar-refractivity contribution in [3.8, 4) is 0 Å². The number of aliphatic hydroxyl groups excluding tert-OH is 1. The van der Waals surface area contributed by atoms with Crippen LogP contribution in [-0.2, 0) is 6.61 Å². The highest BCUT2D eigenvalue weighted by molar-refractivity contribution is 5.16. The Labute approximate surface area is 77.8 Å². The molecule has 0 spiro atoms. The molecule has 1 aromatic rings. The Morgan fingerprint density at radius 2 is 2.31 bits per heavy atom. The van der Waals surface area contributed by atoms with Crippen molar-refractivity contribution in [1.82, 2.24) is 9.97 Å². The summed E-state index contributed by atoms with van der Waals surface area (Å²) in [5.74, 6) is 1.37. The van der Waals surface area contributed by atoms with E-state index in [9.17, 15) is 0 Å². The number of hydrogen-bond donors (Lipinski definition) is 1. The van der Waals surface area contributed by atoms with Gasteiger partial charge in [0.15, 0.2) is 0 Å². The highest BCUT2D eigenvalue weighted by atomic mass is 16.3. The van der Waals surface area contributed by atoms with Crippen molar-refractivity contribution in [3.05, 3.63) is 23.8 Å². The van der Waals surface area contributed by atoms with E-state index >= 15 is 0 Å². The molecule has 0 amide bonds. The first-order valence-corrected chi connectivity index (χ1v) is 4.56. The van der Waals surface area contributed by atoms with Crippen molar-refractivity contribution in [2.24, 2.45) is 5.41 Å². The standard InChI is InChI=1S/C10H14N2O/c1-10(2)5-8(10)9-11-4-3-7(6-13)12-9/h3-4,8,13H,5-6H2,1-2H3. The highest BCUT2D eigenvalue weighted by Gasteiger charge is 2.48. The van der Waals surface area contributed by atoms with E-state index in [4.69, 9.17) is 5.11 Å². The summed E-state index contributed by atoms with van der Waals surface area (Å²) in [6.07, 6.45) is 2.88. The van der Waals surface area contributed by atoms with Gasteiger partial charge in [0.25, 0.3) is 0 Å². The topological polar surface area (TPSA) is 46.0 Å². The molecule has 3 nitrogen and oxygen atoms in total. The summed E-state index contributed by atoms with van der Waals surface area (Å²) in [6, 6.07) is 1.75. The van der Waals surface area contributed by atoms with Crippen LogP contribution in [0.5, 0.6) is 0 Å². The molecular formula is C10H14N2O. The van der Waals surface area contributed by atoms with Crippen molar-refractivity contribution in [2.75, 3.05) is 0 Å². The van der Waals surface area contributed by atoms with E-state index in [1.807, 2.05) is 0 Å². The Kier molecular flexibility index (Phi) is 1.84. The Balaban J connectivity index is 2.23. The minimum atomic E-state index is 0.00265. The van der Waals surface area contributed by atoms with Gasteiger partial charge in [-0.25, -0.2) is 9.97 Å². The summed E-state index contributed by atoms with van der Waals surface area (Å²) in [6.45, 7) is 4.43. The third kappa shape index (κ3) is 1.56. The predicted molar refractivity (Wildman–Crippen MR) is 49.1 cm³/mol. The van der Waals surface area contributed by atoms with Gasteiger partial charge < -0.3 is 5.11 Å². The summed E-state index contributed by atoms with van der Waals surface area (Å²) in [7, 11) is 0. The van der Waals surface area contributed by atoms with Crippen molar-refractivity contribution >= 4 is 0 Å². The smallest absolute Gasteiger partial charge is 0.132 e. The molecule has 1 aliphatic carbocycles. The minimum absolute atomic E-state index is 0.00265. The molecule has 2 rings (SSSR count). The van der Waals surface area contributed by atoms with Crippen LogP contribution in [0.2, 0.25) is 0 Å². The lowest BCUT2D eigenvalue weighted by atomic mass is 10.1. The summed E-state index contributed by atoms with van der Waals surface area (Å²) >= 11 is 0. The van der Waals surface area contributed by atoms with Crippen LogP contribution >= 0.6 is 0 Å². The second kappa shape index (κ2) is 2.77. The second-order valence-electron chi connectivity index (χ2n) is 4.31. The normalized spacial score (nSPS) is 24.4. The van der Waals surface area contributed by atoms with Gasteiger partial charge >= 0.3 is 0 Å². The van der Waals surface area contributed by atoms with E-state index in [-0.39, 0.29) is 6.61 Å². The first-order valence-electron chi connectivity index (χ1n) is 4.56. The Morgan fingerprint density at radius 1 is 1.62 bits per heavy atom. The number of aliphatic hydroxyl groups is 1. The summed E-state index contributed by atoms with van der Waals surface area (Å²) in [5, 5.41) is 8.90. The molecule has 1 aliphatic rings. The zero-order chi connectivity index (χ0) is 9.47. The van der Waals surface area contributed by atoms with Gasteiger partial charge in [-0.1, -0.05) is 13.8 Å². The molecular weight excluding hydrogens is 164 g/mol. The van der Waals surface area contributed by atoms with E-state index in [0.29, 0.717) is 17.0 Å². The molecule has 1 atom stereocenters. The summed E-state index contributed by atoms with van der Waals surface area (Å²) in [4.78, 5) is 8.51. The van der Waals surface area contributed by atoms with Crippen molar-refractivity contribution in [2.45, 2.75) is 32.8 Å².